The number of ether oxygens (including phenoxy) is 1. The third kappa shape index (κ3) is 2.43. The highest BCUT2D eigenvalue weighted by molar-refractivity contribution is 5.88. The van der Waals surface area contributed by atoms with Crippen molar-refractivity contribution >= 4 is 11.6 Å². The number of rotatable bonds is 3. The Balaban J connectivity index is 2.11. The number of esters is 1. The summed E-state index contributed by atoms with van der Waals surface area (Å²) in [4.78, 5) is 26.2. The molecule has 3 rings (SSSR count). The molecule has 3 aromatic rings. The van der Waals surface area contributed by atoms with E-state index in [-0.39, 0.29) is 12.2 Å². The van der Waals surface area contributed by atoms with E-state index in [0.29, 0.717) is 11.3 Å². The van der Waals surface area contributed by atoms with Crippen LogP contribution in [0.15, 0.2) is 47.4 Å². The van der Waals surface area contributed by atoms with Crippen molar-refractivity contribution in [3.8, 4) is 11.3 Å². The molecular formula is C15H13N3O3. The highest BCUT2D eigenvalue weighted by atomic mass is 16.5. The summed E-state index contributed by atoms with van der Waals surface area (Å²) in [6.07, 6.45) is 1.39. The van der Waals surface area contributed by atoms with Crippen LogP contribution in [0.25, 0.3) is 16.9 Å². The molecule has 0 bridgehead atoms. The molecule has 6 heteroatoms. The molecule has 0 saturated carbocycles. The number of aromatic amines is 1. The van der Waals surface area contributed by atoms with E-state index in [9.17, 15) is 9.59 Å². The summed E-state index contributed by atoms with van der Waals surface area (Å²) in [6.45, 7) is 1.90. The van der Waals surface area contributed by atoms with Gasteiger partial charge in [0, 0.05) is 11.6 Å². The maximum Gasteiger partial charge on any atom is 0.345 e. The zero-order valence-electron chi connectivity index (χ0n) is 11.4. The highest BCUT2D eigenvalue weighted by Gasteiger charge is 2.14. The molecule has 0 amide bonds. The van der Waals surface area contributed by atoms with E-state index in [0.717, 1.165) is 5.56 Å². The first-order valence-corrected chi connectivity index (χ1v) is 6.54. The van der Waals surface area contributed by atoms with E-state index < -0.39 is 11.5 Å². The van der Waals surface area contributed by atoms with E-state index in [1.54, 1.807) is 13.0 Å². The Bertz CT molecular complexity index is 849. The Morgan fingerprint density at radius 2 is 2.10 bits per heavy atom. The van der Waals surface area contributed by atoms with E-state index in [4.69, 9.17) is 4.74 Å². The number of nitrogens with one attached hydrogen (secondary N) is 1. The molecule has 0 atom stereocenters. The van der Waals surface area contributed by atoms with Crippen LogP contribution >= 0.6 is 0 Å². The topological polar surface area (TPSA) is 76.5 Å². The third-order valence-electron chi connectivity index (χ3n) is 3.04. The molecule has 106 valence electrons. The second-order valence-electron chi connectivity index (χ2n) is 4.44. The molecule has 0 aliphatic heterocycles. The van der Waals surface area contributed by atoms with Crippen molar-refractivity contribution in [2.75, 3.05) is 6.61 Å². The summed E-state index contributed by atoms with van der Waals surface area (Å²) in [7, 11) is 0. The van der Waals surface area contributed by atoms with E-state index in [1.165, 1.54) is 10.7 Å². The number of hydrogen-bond acceptors (Lipinski definition) is 4. The van der Waals surface area contributed by atoms with Crippen LogP contribution in [0.3, 0.4) is 0 Å². The minimum Gasteiger partial charge on any atom is -0.462 e. The predicted molar refractivity (Wildman–Crippen MR) is 77.2 cm³/mol. The molecule has 0 unspecified atom stereocenters. The first kappa shape index (κ1) is 13.1. The van der Waals surface area contributed by atoms with Crippen molar-refractivity contribution in [1.82, 2.24) is 14.6 Å². The van der Waals surface area contributed by atoms with Gasteiger partial charge in [-0.25, -0.2) is 9.31 Å². The van der Waals surface area contributed by atoms with E-state index in [2.05, 4.69) is 10.1 Å². The summed E-state index contributed by atoms with van der Waals surface area (Å²) in [5.41, 5.74) is 1.62. The molecule has 0 radical (unpaired) electrons. The summed E-state index contributed by atoms with van der Waals surface area (Å²) in [6, 6.07) is 11.3. The van der Waals surface area contributed by atoms with Gasteiger partial charge in [-0.15, -0.1) is 0 Å². The van der Waals surface area contributed by atoms with Crippen LogP contribution in [0.5, 0.6) is 0 Å². The fourth-order valence-corrected chi connectivity index (χ4v) is 2.06. The average molecular weight is 283 g/mol. The normalized spacial score (nSPS) is 10.7. The Morgan fingerprint density at radius 3 is 2.81 bits per heavy atom. The lowest BCUT2D eigenvalue weighted by Crippen LogP contribution is -2.21. The molecule has 0 spiro atoms. The summed E-state index contributed by atoms with van der Waals surface area (Å²) >= 11 is 0. The van der Waals surface area contributed by atoms with Gasteiger partial charge in [-0.05, 0) is 6.92 Å². The lowest BCUT2D eigenvalue weighted by Gasteiger charge is -2.01. The number of nitrogens with zero attached hydrogens (tertiary/aromatic N) is 2. The van der Waals surface area contributed by atoms with Crippen molar-refractivity contribution in [3.05, 3.63) is 58.5 Å². The molecule has 2 aromatic heterocycles. The fourth-order valence-electron chi connectivity index (χ4n) is 2.06. The molecular weight excluding hydrogens is 270 g/mol. The molecule has 0 aliphatic rings. The van der Waals surface area contributed by atoms with Gasteiger partial charge < -0.3 is 9.72 Å². The van der Waals surface area contributed by atoms with Gasteiger partial charge in [-0.3, -0.25) is 4.79 Å². The maximum absolute atomic E-state index is 11.9. The van der Waals surface area contributed by atoms with Gasteiger partial charge >= 0.3 is 5.97 Å². The van der Waals surface area contributed by atoms with Crippen molar-refractivity contribution in [1.29, 1.82) is 0 Å². The molecule has 0 fully saturated rings. The zero-order valence-corrected chi connectivity index (χ0v) is 11.4. The van der Waals surface area contributed by atoms with Gasteiger partial charge in [-0.1, -0.05) is 30.3 Å². The van der Waals surface area contributed by atoms with Gasteiger partial charge in [0.05, 0.1) is 18.5 Å². The summed E-state index contributed by atoms with van der Waals surface area (Å²) < 4.78 is 6.32. The van der Waals surface area contributed by atoms with Crippen molar-refractivity contribution < 1.29 is 9.53 Å². The molecule has 6 nitrogen and oxygen atoms in total. The number of carbonyl (C=O) groups is 1. The van der Waals surface area contributed by atoms with Crippen molar-refractivity contribution in [2.45, 2.75) is 6.92 Å². The SMILES string of the molecule is CCOC(=O)c1cn2nc(-c3ccccc3)cc2[nH]c1=O. The monoisotopic (exact) mass is 283 g/mol. The van der Waals surface area contributed by atoms with Gasteiger partial charge in [0.25, 0.3) is 5.56 Å². The third-order valence-corrected chi connectivity index (χ3v) is 3.04. The predicted octanol–water partition coefficient (Wildman–Crippen LogP) is 1.87. The van der Waals surface area contributed by atoms with Crippen LogP contribution in [0.1, 0.15) is 17.3 Å². The van der Waals surface area contributed by atoms with Crippen molar-refractivity contribution in [3.63, 3.8) is 0 Å². The lowest BCUT2D eigenvalue weighted by molar-refractivity contribution is 0.0523. The zero-order chi connectivity index (χ0) is 14.8. The number of carbonyl (C=O) groups excluding carboxylic acids is 1. The van der Waals surface area contributed by atoms with Crippen LogP contribution in [-0.4, -0.2) is 27.2 Å². The van der Waals surface area contributed by atoms with E-state index in [1.807, 2.05) is 30.3 Å². The van der Waals surface area contributed by atoms with Crippen LogP contribution in [0.4, 0.5) is 0 Å². The number of benzene rings is 1. The second kappa shape index (κ2) is 5.24. The number of aromatic nitrogens is 3. The average Bonchev–Trinajstić information content (AvgIpc) is 2.90. The van der Waals surface area contributed by atoms with Gasteiger partial charge in [0.2, 0.25) is 0 Å². The summed E-state index contributed by atoms with van der Waals surface area (Å²) in [5.74, 6) is -0.655. The first-order valence-electron chi connectivity index (χ1n) is 6.54. The highest BCUT2D eigenvalue weighted by Crippen LogP contribution is 2.17. The second-order valence-corrected chi connectivity index (χ2v) is 4.44. The Kier molecular flexibility index (Phi) is 3.27. The van der Waals surface area contributed by atoms with Gasteiger partial charge in [0.1, 0.15) is 11.2 Å². The largest absolute Gasteiger partial charge is 0.462 e. The van der Waals surface area contributed by atoms with Crippen LogP contribution in [0, 0.1) is 0 Å². The van der Waals surface area contributed by atoms with Crippen LogP contribution in [0.2, 0.25) is 0 Å². The van der Waals surface area contributed by atoms with Gasteiger partial charge in [-0.2, -0.15) is 5.10 Å². The maximum atomic E-state index is 11.9. The van der Waals surface area contributed by atoms with Gasteiger partial charge in [0.15, 0.2) is 0 Å². The Morgan fingerprint density at radius 1 is 1.33 bits per heavy atom. The molecule has 2 heterocycles. The van der Waals surface area contributed by atoms with Crippen molar-refractivity contribution in [2.24, 2.45) is 0 Å². The first-order chi connectivity index (χ1) is 10.2. The molecule has 21 heavy (non-hydrogen) atoms. The van der Waals surface area contributed by atoms with Crippen LogP contribution in [-0.2, 0) is 4.74 Å². The van der Waals surface area contributed by atoms with E-state index >= 15 is 0 Å². The number of H-pyrrole nitrogens is 1. The fraction of sp³-hybridized carbons (Fsp3) is 0.133. The molecule has 0 aliphatic carbocycles. The smallest absolute Gasteiger partial charge is 0.345 e. The Labute approximate surface area is 120 Å². The minimum absolute atomic E-state index is 0.0629. The van der Waals surface area contributed by atoms with Crippen LogP contribution < -0.4 is 5.56 Å². The molecule has 1 N–H and O–H groups in total. The quantitative estimate of drug-likeness (QED) is 0.744. The number of fused-ring (bicyclic) bond motifs is 1. The standard InChI is InChI=1S/C15H13N3O3/c1-2-21-15(20)11-9-18-13(16-14(11)19)8-12(17-18)10-6-4-3-5-7-10/h3-9H,2H2,1H3,(H,16,19). The minimum atomic E-state index is -0.655. The molecule has 1 aromatic carbocycles. The Hall–Kier alpha value is -2.89. The molecule has 0 saturated heterocycles. The lowest BCUT2D eigenvalue weighted by atomic mass is 10.2. The number of hydrogen-bond donors (Lipinski definition) is 1. The summed E-state index contributed by atoms with van der Waals surface area (Å²) in [5, 5.41) is 4.37.